The fourth-order valence-corrected chi connectivity index (χ4v) is 2.93. The van der Waals surface area contributed by atoms with E-state index in [0.717, 1.165) is 38.2 Å². The van der Waals surface area contributed by atoms with E-state index in [9.17, 15) is 5.11 Å². The third-order valence-electron chi connectivity index (χ3n) is 3.97. The Morgan fingerprint density at radius 2 is 2.15 bits per heavy atom. The first-order valence-electron chi connectivity index (χ1n) is 7.68. The second kappa shape index (κ2) is 7.20. The highest BCUT2D eigenvalue weighted by atomic mass is 16.5. The molecule has 2 rings (SSSR count). The molecule has 0 aromatic carbocycles. The molecule has 0 spiro atoms. The molecule has 20 heavy (non-hydrogen) atoms. The van der Waals surface area contributed by atoms with E-state index in [1.807, 2.05) is 0 Å². The Morgan fingerprint density at radius 1 is 1.40 bits per heavy atom. The maximum atomic E-state index is 9.26. The van der Waals surface area contributed by atoms with Crippen LogP contribution in [0.25, 0.3) is 0 Å². The van der Waals surface area contributed by atoms with E-state index in [1.54, 1.807) is 0 Å². The molecular formula is C15H27N3O2. The molecule has 1 aromatic heterocycles. The summed E-state index contributed by atoms with van der Waals surface area (Å²) >= 11 is 0. The molecule has 0 saturated carbocycles. The van der Waals surface area contributed by atoms with Crippen molar-refractivity contribution in [2.24, 2.45) is 0 Å². The minimum absolute atomic E-state index is 0.0696. The first-order chi connectivity index (χ1) is 9.66. The Kier molecular flexibility index (Phi) is 5.57. The van der Waals surface area contributed by atoms with Crippen LogP contribution in [0.15, 0.2) is 12.3 Å². The van der Waals surface area contributed by atoms with Crippen molar-refractivity contribution in [3.8, 4) is 0 Å². The van der Waals surface area contributed by atoms with Crippen LogP contribution in [0.2, 0.25) is 0 Å². The van der Waals surface area contributed by atoms with Gasteiger partial charge in [0, 0.05) is 25.8 Å². The van der Waals surface area contributed by atoms with Gasteiger partial charge >= 0.3 is 0 Å². The number of hydrogen-bond donors (Lipinski definition) is 1. The van der Waals surface area contributed by atoms with Crippen molar-refractivity contribution < 1.29 is 9.84 Å². The van der Waals surface area contributed by atoms with Crippen LogP contribution in [0.5, 0.6) is 0 Å². The van der Waals surface area contributed by atoms with Gasteiger partial charge in [-0.2, -0.15) is 5.10 Å². The van der Waals surface area contributed by atoms with E-state index < -0.39 is 0 Å². The van der Waals surface area contributed by atoms with Crippen LogP contribution in [-0.2, 0) is 11.3 Å². The Morgan fingerprint density at radius 3 is 2.80 bits per heavy atom. The smallest absolute Gasteiger partial charge is 0.0936 e. The highest BCUT2D eigenvalue weighted by molar-refractivity contribution is 5.00. The van der Waals surface area contributed by atoms with Gasteiger partial charge in [0.1, 0.15) is 0 Å². The highest BCUT2D eigenvalue weighted by Crippen LogP contribution is 2.17. The molecule has 5 heteroatoms. The van der Waals surface area contributed by atoms with Crippen LogP contribution < -0.4 is 0 Å². The summed E-state index contributed by atoms with van der Waals surface area (Å²) in [6.45, 7) is 9.04. The van der Waals surface area contributed by atoms with Gasteiger partial charge in [-0.1, -0.05) is 13.8 Å². The maximum Gasteiger partial charge on any atom is 0.0936 e. The molecule has 1 saturated heterocycles. The van der Waals surface area contributed by atoms with Crippen molar-refractivity contribution in [1.82, 2.24) is 14.7 Å². The van der Waals surface area contributed by atoms with E-state index in [1.165, 1.54) is 0 Å². The summed E-state index contributed by atoms with van der Waals surface area (Å²) in [5, 5.41) is 14.0. The van der Waals surface area contributed by atoms with Gasteiger partial charge in [0.15, 0.2) is 0 Å². The fourth-order valence-electron chi connectivity index (χ4n) is 2.93. The first kappa shape index (κ1) is 15.5. The lowest BCUT2D eigenvalue weighted by Crippen LogP contribution is -2.47. The van der Waals surface area contributed by atoms with Crippen molar-refractivity contribution in [3.63, 3.8) is 0 Å². The van der Waals surface area contributed by atoms with Crippen molar-refractivity contribution in [3.05, 3.63) is 18.0 Å². The Labute approximate surface area is 121 Å². The number of nitrogens with zero attached hydrogens (tertiary/aromatic N) is 3. The van der Waals surface area contributed by atoms with E-state index in [2.05, 4.69) is 42.6 Å². The lowest BCUT2D eigenvalue weighted by Gasteiger charge is -2.35. The molecule has 1 aliphatic heterocycles. The molecule has 0 amide bonds. The van der Waals surface area contributed by atoms with E-state index in [4.69, 9.17) is 9.84 Å². The van der Waals surface area contributed by atoms with Gasteiger partial charge in [0.2, 0.25) is 0 Å². The number of hydrogen-bond acceptors (Lipinski definition) is 4. The zero-order valence-corrected chi connectivity index (χ0v) is 12.8. The summed E-state index contributed by atoms with van der Waals surface area (Å²) < 4.78 is 7.75. The largest absolute Gasteiger partial charge is 0.394 e. The van der Waals surface area contributed by atoms with Crippen molar-refractivity contribution in [2.75, 3.05) is 19.7 Å². The number of ether oxygens (including phenoxy) is 1. The topological polar surface area (TPSA) is 50.5 Å². The molecule has 2 unspecified atom stereocenters. The lowest BCUT2D eigenvalue weighted by atomic mass is 10.2. The van der Waals surface area contributed by atoms with Gasteiger partial charge in [0.25, 0.3) is 0 Å². The summed E-state index contributed by atoms with van der Waals surface area (Å²) in [6, 6.07) is 2.60. The third kappa shape index (κ3) is 3.81. The van der Waals surface area contributed by atoms with Gasteiger partial charge in [-0.3, -0.25) is 9.58 Å². The van der Waals surface area contributed by atoms with Gasteiger partial charge in [-0.25, -0.2) is 0 Å². The molecule has 2 atom stereocenters. The van der Waals surface area contributed by atoms with Crippen molar-refractivity contribution in [1.29, 1.82) is 0 Å². The molecule has 1 fully saturated rings. The van der Waals surface area contributed by atoms with E-state index in [-0.39, 0.29) is 18.8 Å². The molecule has 2 heterocycles. The summed E-state index contributed by atoms with van der Waals surface area (Å²) in [4.78, 5) is 2.31. The van der Waals surface area contributed by atoms with Crippen molar-refractivity contribution >= 4 is 0 Å². The minimum atomic E-state index is -0.0696. The molecule has 1 N–H and O–H groups in total. The number of aromatic nitrogens is 2. The molecule has 0 bridgehead atoms. The van der Waals surface area contributed by atoms with Crippen LogP contribution >= 0.6 is 0 Å². The average Bonchev–Trinajstić information content (AvgIpc) is 2.88. The van der Waals surface area contributed by atoms with Crippen LogP contribution in [0.3, 0.4) is 0 Å². The van der Waals surface area contributed by atoms with E-state index in [0.29, 0.717) is 6.04 Å². The monoisotopic (exact) mass is 281 g/mol. The zero-order chi connectivity index (χ0) is 14.5. The second-order valence-electron chi connectivity index (χ2n) is 5.70. The lowest BCUT2D eigenvalue weighted by molar-refractivity contribution is -0.0975. The summed E-state index contributed by atoms with van der Waals surface area (Å²) in [7, 11) is 0. The summed E-state index contributed by atoms with van der Waals surface area (Å²) in [5.41, 5.74) is 1.10. The SMILES string of the molecule is CCC(CC)n1ccc(CN2CC(C)OC(CO)C2)n1. The quantitative estimate of drug-likeness (QED) is 0.864. The normalized spacial score (nSPS) is 24.4. The zero-order valence-electron chi connectivity index (χ0n) is 12.8. The molecule has 114 valence electrons. The Bertz CT molecular complexity index is 404. The molecule has 0 radical (unpaired) electrons. The molecule has 0 aliphatic carbocycles. The first-order valence-corrected chi connectivity index (χ1v) is 7.68. The molecular weight excluding hydrogens is 254 g/mol. The van der Waals surface area contributed by atoms with E-state index >= 15 is 0 Å². The van der Waals surface area contributed by atoms with Crippen LogP contribution in [0.4, 0.5) is 0 Å². The Balaban J connectivity index is 1.96. The summed E-state index contributed by atoms with van der Waals surface area (Å²) in [5.74, 6) is 0. The Hall–Kier alpha value is -0.910. The van der Waals surface area contributed by atoms with Crippen LogP contribution in [0, 0.1) is 0 Å². The van der Waals surface area contributed by atoms with Crippen LogP contribution in [0.1, 0.15) is 45.3 Å². The molecule has 5 nitrogen and oxygen atoms in total. The second-order valence-corrected chi connectivity index (χ2v) is 5.70. The van der Waals surface area contributed by atoms with Gasteiger partial charge < -0.3 is 9.84 Å². The number of aliphatic hydroxyl groups excluding tert-OH is 1. The average molecular weight is 281 g/mol. The predicted molar refractivity (Wildman–Crippen MR) is 78.5 cm³/mol. The van der Waals surface area contributed by atoms with Gasteiger partial charge in [-0.15, -0.1) is 0 Å². The standard InChI is InChI=1S/C15H27N3O2/c1-4-14(5-2)18-7-6-13(16-18)9-17-8-12(3)20-15(10-17)11-19/h6-7,12,14-15,19H,4-5,8-11H2,1-3H3. The highest BCUT2D eigenvalue weighted by Gasteiger charge is 2.25. The molecule has 1 aromatic rings. The van der Waals surface area contributed by atoms with Crippen molar-refractivity contribution in [2.45, 2.75) is 58.4 Å². The summed E-state index contributed by atoms with van der Waals surface area (Å²) in [6.07, 6.45) is 4.40. The van der Waals surface area contributed by atoms with Gasteiger partial charge in [-0.05, 0) is 25.8 Å². The molecule has 1 aliphatic rings. The minimum Gasteiger partial charge on any atom is -0.394 e. The number of rotatable bonds is 6. The van der Waals surface area contributed by atoms with Crippen LogP contribution in [-0.4, -0.2) is 51.7 Å². The third-order valence-corrected chi connectivity index (χ3v) is 3.97. The number of morpholine rings is 1. The fraction of sp³-hybridized carbons (Fsp3) is 0.800. The number of aliphatic hydroxyl groups is 1. The van der Waals surface area contributed by atoms with Gasteiger partial charge in [0.05, 0.1) is 30.6 Å². The predicted octanol–water partition coefficient (Wildman–Crippen LogP) is 1.83. The maximum absolute atomic E-state index is 9.26.